The Bertz CT molecular complexity index is 353. The standard InChI is InChI=1S/C15H26N2O3/c1-3-20-15(19)13-7-6-10-17(11-13)12(2)14(18)16-8-4-5-9-16/h12-13H,3-11H2,1-2H3. The van der Waals surface area contributed by atoms with E-state index in [0.29, 0.717) is 13.2 Å². The molecule has 5 heteroatoms. The molecule has 114 valence electrons. The Morgan fingerprint density at radius 1 is 1.20 bits per heavy atom. The van der Waals surface area contributed by atoms with Gasteiger partial charge in [0, 0.05) is 19.6 Å². The van der Waals surface area contributed by atoms with Crippen molar-refractivity contribution in [3.63, 3.8) is 0 Å². The Balaban J connectivity index is 1.90. The first-order valence-electron chi connectivity index (χ1n) is 7.83. The number of hydrogen-bond donors (Lipinski definition) is 0. The minimum absolute atomic E-state index is 0.0717. The molecule has 0 aliphatic carbocycles. The summed E-state index contributed by atoms with van der Waals surface area (Å²) >= 11 is 0. The summed E-state index contributed by atoms with van der Waals surface area (Å²) in [6, 6.07) is -0.120. The first-order chi connectivity index (χ1) is 9.63. The summed E-state index contributed by atoms with van der Waals surface area (Å²) in [6.45, 7) is 7.55. The minimum atomic E-state index is -0.120. The van der Waals surface area contributed by atoms with Crippen LogP contribution in [0, 0.1) is 5.92 Å². The van der Waals surface area contributed by atoms with Gasteiger partial charge < -0.3 is 9.64 Å². The number of piperidine rings is 1. The molecular formula is C15H26N2O3. The lowest BCUT2D eigenvalue weighted by atomic mass is 9.97. The van der Waals surface area contributed by atoms with Crippen molar-refractivity contribution in [1.29, 1.82) is 0 Å². The van der Waals surface area contributed by atoms with Crippen molar-refractivity contribution in [1.82, 2.24) is 9.80 Å². The fraction of sp³-hybridized carbons (Fsp3) is 0.867. The topological polar surface area (TPSA) is 49.9 Å². The summed E-state index contributed by atoms with van der Waals surface area (Å²) in [5, 5.41) is 0. The zero-order valence-corrected chi connectivity index (χ0v) is 12.6. The molecule has 2 atom stereocenters. The lowest BCUT2D eigenvalue weighted by Crippen LogP contribution is -2.50. The van der Waals surface area contributed by atoms with Crippen LogP contribution in [-0.4, -0.2) is 60.5 Å². The fourth-order valence-corrected chi connectivity index (χ4v) is 3.17. The van der Waals surface area contributed by atoms with Gasteiger partial charge in [0.1, 0.15) is 0 Å². The molecule has 2 heterocycles. The molecule has 2 saturated heterocycles. The van der Waals surface area contributed by atoms with Crippen LogP contribution in [0.15, 0.2) is 0 Å². The van der Waals surface area contributed by atoms with E-state index in [0.717, 1.165) is 45.3 Å². The second-order valence-corrected chi connectivity index (χ2v) is 5.79. The summed E-state index contributed by atoms with van der Waals surface area (Å²) in [7, 11) is 0. The number of ether oxygens (including phenoxy) is 1. The number of amides is 1. The van der Waals surface area contributed by atoms with Gasteiger partial charge in [-0.15, -0.1) is 0 Å². The number of likely N-dealkylation sites (tertiary alicyclic amines) is 2. The van der Waals surface area contributed by atoms with Crippen molar-refractivity contribution < 1.29 is 14.3 Å². The molecule has 2 unspecified atom stereocenters. The van der Waals surface area contributed by atoms with E-state index in [1.54, 1.807) is 0 Å². The van der Waals surface area contributed by atoms with Gasteiger partial charge in [-0.2, -0.15) is 0 Å². The normalized spacial score (nSPS) is 25.5. The van der Waals surface area contributed by atoms with E-state index in [2.05, 4.69) is 4.90 Å². The molecule has 0 bridgehead atoms. The fourth-order valence-electron chi connectivity index (χ4n) is 3.17. The van der Waals surface area contributed by atoms with Crippen LogP contribution in [0.3, 0.4) is 0 Å². The first kappa shape index (κ1) is 15.3. The largest absolute Gasteiger partial charge is 0.466 e. The highest BCUT2D eigenvalue weighted by Gasteiger charge is 2.33. The van der Waals surface area contributed by atoms with Crippen LogP contribution >= 0.6 is 0 Å². The monoisotopic (exact) mass is 282 g/mol. The molecule has 0 aromatic carbocycles. The van der Waals surface area contributed by atoms with Gasteiger partial charge in [-0.3, -0.25) is 14.5 Å². The van der Waals surface area contributed by atoms with Gasteiger partial charge in [-0.05, 0) is 46.1 Å². The molecule has 0 aromatic rings. The highest BCUT2D eigenvalue weighted by atomic mass is 16.5. The number of hydrogen-bond acceptors (Lipinski definition) is 4. The quantitative estimate of drug-likeness (QED) is 0.729. The van der Waals surface area contributed by atoms with Crippen LogP contribution in [0.5, 0.6) is 0 Å². The summed E-state index contributed by atoms with van der Waals surface area (Å²) in [5.74, 6) is 0.0301. The minimum Gasteiger partial charge on any atom is -0.466 e. The van der Waals surface area contributed by atoms with E-state index < -0.39 is 0 Å². The lowest BCUT2D eigenvalue weighted by Gasteiger charge is -2.36. The zero-order chi connectivity index (χ0) is 14.5. The van der Waals surface area contributed by atoms with Crippen molar-refractivity contribution in [2.75, 3.05) is 32.8 Å². The van der Waals surface area contributed by atoms with Crippen LogP contribution in [0.2, 0.25) is 0 Å². The highest BCUT2D eigenvalue weighted by molar-refractivity contribution is 5.82. The van der Waals surface area contributed by atoms with Crippen LogP contribution < -0.4 is 0 Å². The molecule has 2 fully saturated rings. The van der Waals surface area contributed by atoms with E-state index in [-0.39, 0.29) is 23.8 Å². The average molecular weight is 282 g/mol. The first-order valence-corrected chi connectivity index (χ1v) is 7.83. The van der Waals surface area contributed by atoms with Crippen molar-refractivity contribution in [3.05, 3.63) is 0 Å². The number of esters is 1. The van der Waals surface area contributed by atoms with Gasteiger partial charge in [-0.1, -0.05) is 0 Å². The van der Waals surface area contributed by atoms with E-state index in [1.807, 2.05) is 18.7 Å². The van der Waals surface area contributed by atoms with E-state index in [4.69, 9.17) is 4.74 Å². The van der Waals surface area contributed by atoms with Crippen LogP contribution in [-0.2, 0) is 14.3 Å². The third-order valence-corrected chi connectivity index (χ3v) is 4.40. The van der Waals surface area contributed by atoms with E-state index in [1.165, 1.54) is 0 Å². The summed E-state index contributed by atoms with van der Waals surface area (Å²) in [6.07, 6.45) is 4.06. The number of carbonyl (C=O) groups excluding carboxylic acids is 2. The van der Waals surface area contributed by atoms with E-state index >= 15 is 0 Å². The second kappa shape index (κ2) is 7.07. The third-order valence-electron chi connectivity index (χ3n) is 4.40. The van der Waals surface area contributed by atoms with Gasteiger partial charge in [0.05, 0.1) is 18.6 Å². The molecule has 0 N–H and O–H groups in total. The summed E-state index contributed by atoms with van der Waals surface area (Å²) < 4.78 is 5.11. The molecule has 0 aromatic heterocycles. The molecule has 1 amide bonds. The van der Waals surface area contributed by atoms with Gasteiger partial charge in [0.25, 0.3) is 0 Å². The maximum Gasteiger partial charge on any atom is 0.310 e. The molecule has 5 nitrogen and oxygen atoms in total. The Hall–Kier alpha value is -1.10. The van der Waals surface area contributed by atoms with Crippen LogP contribution in [0.4, 0.5) is 0 Å². The molecule has 2 aliphatic rings. The molecule has 0 radical (unpaired) electrons. The average Bonchev–Trinajstić information content (AvgIpc) is 3.00. The van der Waals surface area contributed by atoms with Crippen molar-refractivity contribution in [2.24, 2.45) is 5.92 Å². The number of nitrogens with zero attached hydrogens (tertiary/aromatic N) is 2. The molecule has 2 aliphatic heterocycles. The smallest absolute Gasteiger partial charge is 0.310 e. The third kappa shape index (κ3) is 3.51. The van der Waals surface area contributed by atoms with Crippen molar-refractivity contribution >= 4 is 11.9 Å². The van der Waals surface area contributed by atoms with Crippen LogP contribution in [0.1, 0.15) is 39.5 Å². The predicted octanol–water partition coefficient (Wildman–Crippen LogP) is 1.27. The Morgan fingerprint density at radius 3 is 2.55 bits per heavy atom. The molecule has 0 saturated carbocycles. The van der Waals surface area contributed by atoms with Gasteiger partial charge in [0.15, 0.2) is 0 Å². The Labute approximate surface area is 121 Å². The second-order valence-electron chi connectivity index (χ2n) is 5.79. The summed E-state index contributed by atoms with van der Waals surface area (Å²) in [4.78, 5) is 28.4. The van der Waals surface area contributed by atoms with Crippen molar-refractivity contribution in [3.8, 4) is 0 Å². The van der Waals surface area contributed by atoms with E-state index in [9.17, 15) is 9.59 Å². The SMILES string of the molecule is CCOC(=O)C1CCCN(C(C)C(=O)N2CCCC2)C1. The summed E-state index contributed by atoms with van der Waals surface area (Å²) in [5.41, 5.74) is 0. The highest BCUT2D eigenvalue weighted by Crippen LogP contribution is 2.21. The zero-order valence-electron chi connectivity index (χ0n) is 12.6. The number of carbonyl (C=O) groups is 2. The van der Waals surface area contributed by atoms with Gasteiger partial charge in [0.2, 0.25) is 5.91 Å². The molecule has 20 heavy (non-hydrogen) atoms. The van der Waals surface area contributed by atoms with Gasteiger partial charge >= 0.3 is 5.97 Å². The molecule has 0 spiro atoms. The van der Waals surface area contributed by atoms with Crippen LogP contribution in [0.25, 0.3) is 0 Å². The molecular weight excluding hydrogens is 256 g/mol. The van der Waals surface area contributed by atoms with Crippen molar-refractivity contribution in [2.45, 2.75) is 45.6 Å². The van der Waals surface area contributed by atoms with Gasteiger partial charge in [-0.25, -0.2) is 0 Å². The number of rotatable bonds is 4. The predicted molar refractivity (Wildman–Crippen MR) is 76.2 cm³/mol. The maximum atomic E-state index is 12.4. The lowest BCUT2D eigenvalue weighted by molar-refractivity contribution is -0.151. The Morgan fingerprint density at radius 2 is 1.90 bits per heavy atom. The maximum absolute atomic E-state index is 12.4. The molecule has 2 rings (SSSR count). The Kier molecular flexibility index (Phi) is 5.40.